The molecule has 0 fully saturated rings. The van der Waals surface area contributed by atoms with Crippen LogP contribution in [0.15, 0.2) is 18.2 Å². The lowest BCUT2D eigenvalue weighted by Gasteiger charge is -2.10. The maximum absolute atomic E-state index is 11.9. The fourth-order valence-corrected chi connectivity index (χ4v) is 1.67. The zero-order valence-electron chi connectivity index (χ0n) is 11.5. The fraction of sp³-hybridized carbons (Fsp3) is 0.533. The Morgan fingerprint density at radius 3 is 2.67 bits per heavy atom. The molecule has 0 aliphatic rings. The molecule has 0 saturated carbocycles. The third-order valence-corrected chi connectivity index (χ3v) is 2.68. The van der Waals surface area contributed by atoms with E-state index in [1.54, 1.807) is 18.2 Å². The molecule has 1 rings (SSSR count). The number of rotatable bonds is 7. The van der Waals surface area contributed by atoms with Gasteiger partial charge in [-0.15, -0.1) is 0 Å². The maximum Gasteiger partial charge on any atom is 0.163 e. The van der Waals surface area contributed by atoms with E-state index in [0.717, 1.165) is 12.8 Å². The predicted molar refractivity (Wildman–Crippen MR) is 75.0 cm³/mol. The minimum absolute atomic E-state index is 0.136. The number of hydrogen-bond donors (Lipinski definition) is 1. The molecule has 0 saturated heterocycles. The van der Waals surface area contributed by atoms with E-state index in [1.165, 1.54) is 0 Å². The maximum atomic E-state index is 11.9. The second kappa shape index (κ2) is 7.04. The molecular formula is C15H23NO2. The Bertz CT molecular complexity index is 399. The summed E-state index contributed by atoms with van der Waals surface area (Å²) in [5.74, 6) is 1.17. The number of carbonyl (C=O) groups excluding carboxylic acids is 1. The summed E-state index contributed by atoms with van der Waals surface area (Å²) in [5, 5.41) is 0. The summed E-state index contributed by atoms with van der Waals surface area (Å²) in [4.78, 5) is 11.9. The summed E-state index contributed by atoms with van der Waals surface area (Å²) < 4.78 is 5.56. The summed E-state index contributed by atoms with van der Waals surface area (Å²) in [6.07, 6.45) is 2.65. The van der Waals surface area contributed by atoms with Crippen molar-refractivity contribution in [1.29, 1.82) is 0 Å². The minimum Gasteiger partial charge on any atom is -0.491 e. The quantitative estimate of drug-likeness (QED) is 0.455. The SMILES string of the molecule is CCCCOc1ccc(C(=O)CC(C)C)cc1N. The van der Waals surface area contributed by atoms with Crippen LogP contribution in [0.25, 0.3) is 0 Å². The first-order chi connectivity index (χ1) is 8.54. The molecule has 0 radical (unpaired) electrons. The largest absolute Gasteiger partial charge is 0.491 e. The number of ketones is 1. The van der Waals surface area contributed by atoms with Crippen LogP contribution in [-0.2, 0) is 0 Å². The van der Waals surface area contributed by atoms with Crippen LogP contribution >= 0.6 is 0 Å². The highest BCUT2D eigenvalue weighted by Gasteiger charge is 2.10. The highest BCUT2D eigenvalue weighted by atomic mass is 16.5. The van der Waals surface area contributed by atoms with Gasteiger partial charge < -0.3 is 10.5 Å². The number of Topliss-reactive ketones (excluding diaryl/α,β-unsaturated/α-hetero) is 1. The zero-order valence-corrected chi connectivity index (χ0v) is 11.5. The van der Waals surface area contributed by atoms with Crippen LogP contribution in [0.4, 0.5) is 5.69 Å². The van der Waals surface area contributed by atoms with Gasteiger partial charge in [-0.3, -0.25) is 4.79 Å². The molecule has 0 atom stereocenters. The normalized spacial score (nSPS) is 10.7. The Kier molecular flexibility index (Phi) is 5.69. The number of benzene rings is 1. The Morgan fingerprint density at radius 1 is 1.39 bits per heavy atom. The Morgan fingerprint density at radius 2 is 2.11 bits per heavy atom. The summed E-state index contributed by atoms with van der Waals surface area (Å²) >= 11 is 0. The molecule has 0 spiro atoms. The third-order valence-electron chi connectivity index (χ3n) is 2.68. The molecule has 0 aromatic heterocycles. The molecule has 100 valence electrons. The first-order valence-corrected chi connectivity index (χ1v) is 6.60. The van der Waals surface area contributed by atoms with Crippen molar-refractivity contribution in [2.75, 3.05) is 12.3 Å². The van der Waals surface area contributed by atoms with Gasteiger partial charge in [0.1, 0.15) is 5.75 Å². The molecule has 0 aliphatic heterocycles. The van der Waals surface area contributed by atoms with E-state index in [2.05, 4.69) is 6.92 Å². The van der Waals surface area contributed by atoms with Crippen molar-refractivity contribution in [3.63, 3.8) is 0 Å². The van der Waals surface area contributed by atoms with E-state index in [9.17, 15) is 4.79 Å². The smallest absolute Gasteiger partial charge is 0.163 e. The van der Waals surface area contributed by atoms with E-state index in [-0.39, 0.29) is 5.78 Å². The van der Waals surface area contributed by atoms with Crippen molar-refractivity contribution in [1.82, 2.24) is 0 Å². The second-order valence-corrected chi connectivity index (χ2v) is 4.98. The van der Waals surface area contributed by atoms with Crippen molar-refractivity contribution in [3.05, 3.63) is 23.8 Å². The number of ether oxygens (including phenoxy) is 1. The van der Waals surface area contributed by atoms with E-state index in [1.807, 2.05) is 13.8 Å². The first-order valence-electron chi connectivity index (χ1n) is 6.60. The van der Waals surface area contributed by atoms with Crippen LogP contribution in [0.3, 0.4) is 0 Å². The summed E-state index contributed by atoms with van der Waals surface area (Å²) in [6, 6.07) is 5.30. The Labute approximate surface area is 109 Å². The third kappa shape index (κ3) is 4.40. The molecule has 0 bridgehead atoms. The molecule has 0 aliphatic carbocycles. The van der Waals surface area contributed by atoms with Crippen LogP contribution in [0.5, 0.6) is 5.75 Å². The van der Waals surface area contributed by atoms with Crippen LogP contribution < -0.4 is 10.5 Å². The van der Waals surface area contributed by atoms with Crippen LogP contribution in [0.1, 0.15) is 50.4 Å². The minimum atomic E-state index is 0.136. The first kappa shape index (κ1) is 14.6. The molecule has 3 heteroatoms. The topological polar surface area (TPSA) is 52.3 Å². The van der Waals surface area contributed by atoms with Gasteiger partial charge in [0.25, 0.3) is 0 Å². The van der Waals surface area contributed by atoms with Gasteiger partial charge in [0, 0.05) is 12.0 Å². The number of hydrogen-bond acceptors (Lipinski definition) is 3. The van der Waals surface area contributed by atoms with Crippen molar-refractivity contribution in [2.24, 2.45) is 5.92 Å². The molecule has 1 aromatic rings. The Balaban J connectivity index is 2.69. The number of nitrogen functional groups attached to an aromatic ring is 1. The average Bonchev–Trinajstić information content (AvgIpc) is 2.30. The van der Waals surface area contributed by atoms with Gasteiger partial charge in [0.15, 0.2) is 5.78 Å². The number of nitrogens with two attached hydrogens (primary N) is 1. The van der Waals surface area contributed by atoms with Gasteiger partial charge >= 0.3 is 0 Å². The van der Waals surface area contributed by atoms with E-state index in [0.29, 0.717) is 35.9 Å². The van der Waals surface area contributed by atoms with E-state index < -0.39 is 0 Å². The summed E-state index contributed by atoms with van der Waals surface area (Å²) in [6.45, 7) is 6.84. The lowest BCUT2D eigenvalue weighted by atomic mass is 10.0. The highest BCUT2D eigenvalue weighted by Crippen LogP contribution is 2.24. The average molecular weight is 249 g/mol. The lowest BCUT2D eigenvalue weighted by Crippen LogP contribution is -2.05. The van der Waals surface area contributed by atoms with Gasteiger partial charge in [0.05, 0.1) is 12.3 Å². The summed E-state index contributed by atoms with van der Waals surface area (Å²) in [5.41, 5.74) is 7.11. The molecule has 0 unspecified atom stereocenters. The van der Waals surface area contributed by atoms with Crippen LogP contribution in [0.2, 0.25) is 0 Å². The van der Waals surface area contributed by atoms with Gasteiger partial charge in [0.2, 0.25) is 0 Å². The molecule has 2 N–H and O–H groups in total. The van der Waals surface area contributed by atoms with Gasteiger partial charge in [-0.05, 0) is 30.5 Å². The summed E-state index contributed by atoms with van der Waals surface area (Å²) in [7, 11) is 0. The van der Waals surface area contributed by atoms with Gasteiger partial charge in [-0.2, -0.15) is 0 Å². The molecule has 18 heavy (non-hydrogen) atoms. The van der Waals surface area contributed by atoms with Crippen molar-refractivity contribution >= 4 is 11.5 Å². The fourth-order valence-electron chi connectivity index (χ4n) is 1.67. The molecular weight excluding hydrogens is 226 g/mol. The van der Waals surface area contributed by atoms with E-state index >= 15 is 0 Å². The standard InChI is InChI=1S/C15H23NO2/c1-4-5-8-18-15-7-6-12(10-13(15)16)14(17)9-11(2)3/h6-7,10-11H,4-5,8-9,16H2,1-3H3. The van der Waals surface area contributed by atoms with Gasteiger partial charge in [-0.25, -0.2) is 0 Å². The lowest BCUT2D eigenvalue weighted by molar-refractivity contribution is 0.0968. The number of anilines is 1. The predicted octanol–water partition coefficient (Wildman–Crippen LogP) is 3.68. The van der Waals surface area contributed by atoms with E-state index in [4.69, 9.17) is 10.5 Å². The number of carbonyl (C=O) groups is 1. The van der Waals surface area contributed by atoms with Crippen molar-refractivity contribution in [3.8, 4) is 5.75 Å². The monoisotopic (exact) mass is 249 g/mol. The second-order valence-electron chi connectivity index (χ2n) is 4.98. The molecule has 0 heterocycles. The van der Waals surface area contributed by atoms with Crippen LogP contribution in [0, 0.1) is 5.92 Å². The number of unbranched alkanes of at least 4 members (excludes halogenated alkanes) is 1. The molecule has 3 nitrogen and oxygen atoms in total. The van der Waals surface area contributed by atoms with Crippen molar-refractivity contribution in [2.45, 2.75) is 40.0 Å². The zero-order chi connectivity index (χ0) is 13.5. The molecule has 0 amide bonds. The highest BCUT2D eigenvalue weighted by molar-refractivity contribution is 5.97. The molecule has 1 aromatic carbocycles. The Hall–Kier alpha value is -1.51. The van der Waals surface area contributed by atoms with Crippen molar-refractivity contribution < 1.29 is 9.53 Å². The van der Waals surface area contributed by atoms with Crippen LogP contribution in [-0.4, -0.2) is 12.4 Å². The van der Waals surface area contributed by atoms with Gasteiger partial charge in [-0.1, -0.05) is 27.2 Å².